The number of hydrogen-bond acceptors (Lipinski definition) is 4. The first kappa shape index (κ1) is 20.4. The average Bonchev–Trinajstić information content (AvgIpc) is 2.55. The number of benzene rings is 1. The molecule has 2 rings (SSSR count). The minimum absolute atomic E-state index is 0.128. The van der Waals surface area contributed by atoms with E-state index in [9.17, 15) is 16.8 Å². The lowest BCUT2D eigenvalue weighted by Crippen LogP contribution is -2.34. The van der Waals surface area contributed by atoms with Gasteiger partial charge in [-0.15, -0.1) is 0 Å². The van der Waals surface area contributed by atoms with Crippen molar-refractivity contribution in [1.82, 2.24) is 8.61 Å². The topological polar surface area (TPSA) is 74.8 Å². The maximum absolute atomic E-state index is 12.8. The van der Waals surface area contributed by atoms with Crippen molar-refractivity contribution in [2.75, 3.05) is 26.2 Å². The van der Waals surface area contributed by atoms with Crippen LogP contribution in [0.25, 0.3) is 0 Å². The SMILES string of the molecule is CCN(CC)S(=O)(=O)c1ccc(S(=O)(=O)N2CCCCCCC2)cc1. The van der Waals surface area contributed by atoms with Crippen LogP contribution in [0.5, 0.6) is 0 Å². The van der Waals surface area contributed by atoms with Gasteiger partial charge in [0.15, 0.2) is 0 Å². The van der Waals surface area contributed by atoms with Crippen LogP contribution in [0.3, 0.4) is 0 Å². The first-order chi connectivity index (χ1) is 11.8. The van der Waals surface area contributed by atoms with Crippen molar-refractivity contribution in [2.45, 2.75) is 55.7 Å². The van der Waals surface area contributed by atoms with Crippen LogP contribution in [0.2, 0.25) is 0 Å². The van der Waals surface area contributed by atoms with E-state index in [4.69, 9.17) is 0 Å². The zero-order valence-electron chi connectivity index (χ0n) is 15.0. The van der Waals surface area contributed by atoms with Crippen LogP contribution < -0.4 is 0 Å². The van der Waals surface area contributed by atoms with Gasteiger partial charge in [-0.25, -0.2) is 16.8 Å². The Hall–Kier alpha value is -0.960. The summed E-state index contributed by atoms with van der Waals surface area (Å²) in [5, 5.41) is 0. The minimum Gasteiger partial charge on any atom is -0.207 e. The summed E-state index contributed by atoms with van der Waals surface area (Å²) < 4.78 is 53.5. The zero-order valence-corrected chi connectivity index (χ0v) is 16.7. The zero-order chi connectivity index (χ0) is 18.5. The second-order valence-corrected chi connectivity index (χ2v) is 10.1. The highest BCUT2D eigenvalue weighted by atomic mass is 32.2. The summed E-state index contributed by atoms with van der Waals surface area (Å²) in [5.74, 6) is 0. The molecule has 1 fully saturated rings. The Morgan fingerprint density at radius 1 is 0.800 bits per heavy atom. The van der Waals surface area contributed by atoms with Crippen LogP contribution in [0.4, 0.5) is 0 Å². The second kappa shape index (κ2) is 8.62. The van der Waals surface area contributed by atoms with Crippen molar-refractivity contribution in [1.29, 1.82) is 0 Å². The van der Waals surface area contributed by atoms with Crippen LogP contribution in [-0.2, 0) is 20.0 Å². The molecule has 0 N–H and O–H groups in total. The molecule has 0 aliphatic carbocycles. The van der Waals surface area contributed by atoms with Crippen molar-refractivity contribution in [2.24, 2.45) is 0 Å². The fraction of sp³-hybridized carbons (Fsp3) is 0.647. The Labute approximate surface area is 151 Å². The average molecular weight is 389 g/mol. The van der Waals surface area contributed by atoms with Gasteiger partial charge in [0.05, 0.1) is 9.79 Å². The van der Waals surface area contributed by atoms with Gasteiger partial charge in [-0.3, -0.25) is 0 Å². The second-order valence-electron chi connectivity index (χ2n) is 6.23. The van der Waals surface area contributed by atoms with Crippen LogP contribution >= 0.6 is 0 Å². The summed E-state index contributed by atoms with van der Waals surface area (Å²) >= 11 is 0. The molecule has 1 aromatic rings. The van der Waals surface area contributed by atoms with Crippen LogP contribution in [0.15, 0.2) is 34.1 Å². The number of nitrogens with zero attached hydrogens (tertiary/aromatic N) is 2. The van der Waals surface area contributed by atoms with Gasteiger partial charge in [0.2, 0.25) is 20.0 Å². The summed E-state index contributed by atoms with van der Waals surface area (Å²) in [6, 6.07) is 5.60. The van der Waals surface area contributed by atoms with Crippen LogP contribution in [0.1, 0.15) is 46.0 Å². The molecule has 0 amide bonds. The Bertz CT molecular complexity index is 746. The number of sulfonamides is 2. The molecule has 142 valence electrons. The van der Waals surface area contributed by atoms with Gasteiger partial charge in [-0.2, -0.15) is 8.61 Å². The van der Waals surface area contributed by atoms with E-state index < -0.39 is 20.0 Å². The van der Waals surface area contributed by atoms with Crippen molar-refractivity contribution < 1.29 is 16.8 Å². The molecule has 1 aliphatic rings. The third-order valence-electron chi connectivity index (χ3n) is 4.62. The predicted molar refractivity (Wildman–Crippen MR) is 98.4 cm³/mol. The maximum Gasteiger partial charge on any atom is 0.243 e. The lowest BCUT2D eigenvalue weighted by Gasteiger charge is -2.24. The normalized spacial score (nSPS) is 18.0. The molecule has 0 spiro atoms. The molecule has 0 radical (unpaired) electrons. The third-order valence-corrected chi connectivity index (χ3v) is 8.60. The summed E-state index contributed by atoms with van der Waals surface area (Å²) in [5.41, 5.74) is 0. The molecule has 1 aromatic carbocycles. The largest absolute Gasteiger partial charge is 0.243 e. The fourth-order valence-corrected chi connectivity index (χ4v) is 6.08. The number of rotatable bonds is 6. The molecular formula is C17H28N2O4S2. The van der Waals surface area contributed by atoms with Gasteiger partial charge in [-0.05, 0) is 37.1 Å². The van der Waals surface area contributed by atoms with E-state index in [1.807, 2.05) is 0 Å². The highest BCUT2D eigenvalue weighted by Crippen LogP contribution is 2.23. The van der Waals surface area contributed by atoms with E-state index in [0.29, 0.717) is 26.2 Å². The molecule has 1 saturated heterocycles. The summed E-state index contributed by atoms with van der Waals surface area (Å²) in [6.07, 6.45) is 4.99. The van der Waals surface area contributed by atoms with E-state index >= 15 is 0 Å². The Kier molecular flexibility index (Phi) is 7.01. The number of hydrogen-bond donors (Lipinski definition) is 0. The summed E-state index contributed by atoms with van der Waals surface area (Å²) in [6.45, 7) is 5.38. The Morgan fingerprint density at radius 3 is 1.72 bits per heavy atom. The summed E-state index contributed by atoms with van der Waals surface area (Å²) in [4.78, 5) is 0.286. The van der Waals surface area contributed by atoms with Gasteiger partial charge in [0.1, 0.15) is 0 Å². The lowest BCUT2D eigenvalue weighted by molar-refractivity contribution is 0.364. The molecular weight excluding hydrogens is 360 g/mol. The van der Waals surface area contributed by atoms with Gasteiger partial charge in [0.25, 0.3) is 0 Å². The molecule has 25 heavy (non-hydrogen) atoms. The highest BCUT2D eigenvalue weighted by molar-refractivity contribution is 7.89. The monoisotopic (exact) mass is 388 g/mol. The molecule has 6 nitrogen and oxygen atoms in total. The predicted octanol–water partition coefficient (Wildman–Crippen LogP) is 2.67. The van der Waals surface area contributed by atoms with Gasteiger partial charge < -0.3 is 0 Å². The Balaban J connectivity index is 2.26. The highest BCUT2D eigenvalue weighted by Gasteiger charge is 2.26. The van der Waals surface area contributed by atoms with E-state index in [-0.39, 0.29) is 9.79 Å². The van der Waals surface area contributed by atoms with Crippen LogP contribution in [0, 0.1) is 0 Å². The third kappa shape index (κ3) is 4.61. The van der Waals surface area contributed by atoms with Crippen molar-refractivity contribution >= 4 is 20.0 Å². The molecule has 1 heterocycles. The molecule has 0 aromatic heterocycles. The molecule has 0 atom stereocenters. The Morgan fingerprint density at radius 2 is 1.24 bits per heavy atom. The van der Waals surface area contributed by atoms with Crippen LogP contribution in [-0.4, -0.2) is 51.6 Å². The van der Waals surface area contributed by atoms with Crippen molar-refractivity contribution in [3.05, 3.63) is 24.3 Å². The lowest BCUT2D eigenvalue weighted by atomic mass is 10.1. The first-order valence-electron chi connectivity index (χ1n) is 8.94. The molecule has 0 unspecified atom stereocenters. The van der Waals surface area contributed by atoms with E-state index in [0.717, 1.165) is 32.1 Å². The quantitative estimate of drug-likeness (QED) is 0.751. The molecule has 0 saturated carbocycles. The van der Waals surface area contributed by atoms with E-state index in [2.05, 4.69) is 0 Å². The maximum atomic E-state index is 12.8. The van der Waals surface area contributed by atoms with E-state index in [1.165, 1.54) is 32.9 Å². The molecule has 1 aliphatic heterocycles. The molecule has 0 bridgehead atoms. The van der Waals surface area contributed by atoms with E-state index in [1.54, 1.807) is 13.8 Å². The standard InChI is InChI=1S/C17H28N2O4S2/c1-3-18(4-2)24(20,21)16-10-12-17(13-11-16)25(22,23)19-14-8-6-5-7-9-15-19/h10-13H,3-9,14-15H2,1-2H3. The van der Waals surface area contributed by atoms with Gasteiger partial charge >= 0.3 is 0 Å². The van der Waals surface area contributed by atoms with Crippen molar-refractivity contribution in [3.63, 3.8) is 0 Å². The first-order valence-corrected chi connectivity index (χ1v) is 11.8. The smallest absolute Gasteiger partial charge is 0.207 e. The van der Waals surface area contributed by atoms with Gasteiger partial charge in [-0.1, -0.05) is 33.1 Å². The minimum atomic E-state index is -3.57. The van der Waals surface area contributed by atoms with Gasteiger partial charge in [0, 0.05) is 26.2 Å². The molecule has 8 heteroatoms. The summed E-state index contributed by atoms with van der Waals surface area (Å²) in [7, 11) is -7.14. The fourth-order valence-electron chi connectivity index (χ4n) is 3.10. The van der Waals surface area contributed by atoms with Crippen molar-refractivity contribution in [3.8, 4) is 0 Å².